The van der Waals surface area contributed by atoms with Crippen LogP contribution in [-0.4, -0.2) is 111 Å². The highest BCUT2D eigenvalue weighted by Crippen LogP contribution is 2.65. The summed E-state index contributed by atoms with van der Waals surface area (Å²) in [5.41, 5.74) is -7.54. The van der Waals surface area contributed by atoms with E-state index >= 15 is 4.79 Å². The first-order valence-corrected chi connectivity index (χ1v) is 19.1. The van der Waals surface area contributed by atoms with Crippen molar-refractivity contribution < 1.29 is 72.5 Å². The molecule has 0 aromatic rings. The van der Waals surface area contributed by atoms with Gasteiger partial charge in [0, 0.05) is 44.1 Å². The van der Waals surface area contributed by atoms with E-state index in [-0.39, 0.29) is 18.6 Å². The van der Waals surface area contributed by atoms with Gasteiger partial charge in [0.25, 0.3) is 0 Å². The number of aliphatic hydroxyl groups is 3. The van der Waals surface area contributed by atoms with Gasteiger partial charge >= 0.3 is 30.0 Å². The number of fused-ring (bicyclic) bond motifs is 5. The van der Waals surface area contributed by atoms with E-state index in [4.69, 9.17) is 28.4 Å². The number of esters is 4. The third-order valence-corrected chi connectivity index (χ3v) is 11.6. The second kappa shape index (κ2) is 15.9. The van der Waals surface area contributed by atoms with Gasteiger partial charge in [-0.05, 0) is 61.0 Å². The Labute approximate surface area is 333 Å². The standard InChI is InChI=1S/C41H59NO15/c1-19(2)14-24(42-36(50)57-37(8,9)10)30(47)35(49)54-25-17-41(51)34(55-28(46)15-20(3)4)32-39(13,26(45)16-27-40(32,18-52-27)56-23(7)44)33(48)31(53-22(6)43)29(21(25)5)38(41,11)12/h14-15,21,24-27,30,32,34,45,47,51H,16-18H2,1-13H3,(H,42,50)/t21?,24-,25+,26-,27+,30+,32+,34+,39+,40+,41+/m0/s1. The lowest BCUT2D eigenvalue weighted by atomic mass is 9.45. The number of nitrogens with one attached hydrogen (secondary N) is 1. The van der Waals surface area contributed by atoms with Crippen molar-refractivity contribution in [3.63, 3.8) is 0 Å². The second-order valence-corrected chi connectivity index (χ2v) is 18.0. The molecule has 16 nitrogen and oxygen atoms in total. The van der Waals surface area contributed by atoms with E-state index in [2.05, 4.69) is 5.32 Å². The molecule has 57 heavy (non-hydrogen) atoms. The summed E-state index contributed by atoms with van der Waals surface area (Å²) in [4.78, 5) is 81.3. The predicted octanol–water partition coefficient (Wildman–Crippen LogP) is 3.28. The van der Waals surface area contributed by atoms with Crippen molar-refractivity contribution >= 4 is 35.8 Å². The summed E-state index contributed by atoms with van der Waals surface area (Å²) in [5, 5.41) is 39.2. The van der Waals surface area contributed by atoms with Crippen LogP contribution in [0.1, 0.15) is 103 Å². The largest absolute Gasteiger partial charge is 0.460 e. The molecule has 1 heterocycles. The Morgan fingerprint density at radius 3 is 2.07 bits per heavy atom. The van der Waals surface area contributed by atoms with Gasteiger partial charge in [0.1, 0.15) is 29.5 Å². The molecule has 1 unspecified atom stereocenters. The number of amides is 1. The minimum absolute atomic E-state index is 0.000116. The molecular weight excluding hydrogens is 746 g/mol. The van der Waals surface area contributed by atoms with Gasteiger partial charge in [0.05, 0.1) is 30.1 Å². The molecule has 0 aromatic carbocycles. The number of carbonyl (C=O) groups excluding carboxylic acids is 6. The van der Waals surface area contributed by atoms with Gasteiger partial charge in [-0.15, -0.1) is 0 Å². The first-order valence-electron chi connectivity index (χ1n) is 19.1. The number of carbonyl (C=O) groups is 6. The maximum atomic E-state index is 15.3. The van der Waals surface area contributed by atoms with Crippen molar-refractivity contribution in [3.8, 4) is 0 Å². The van der Waals surface area contributed by atoms with Crippen LogP contribution in [-0.2, 0) is 52.4 Å². The van der Waals surface area contributed by atoms with Crippen molar-refractivity contribution in [2.24, 2.45) is 22.7 Å². The van der Waals surface area contributed by atoms with Crippen molar-refractivity contribution in [2.75, 3.05) is 6.61 Å². The third-order valence-electron chi connectivity index (χ3n) is 11.6. The Bertz CT molecular complexity index is 1760. The van der Waals surface area contributed by atoms with Crippen molar-refractivity contribution in [1.29, 1.82) is 0 Å². The van der Waals surface area contributed by atoms with Crippen LogP contribution in [0.15, 0.2) is 34.6 Å². The van der Waals surface area contributed by atoms with Crippen LogP contribution >= 0.6 is 0 Å². The Hall–Kier alpha value is -4.12. The monoisotopic (exact) mass is 805 g/mol. The highest BCUT2D eigenvalue weighted by atomic mass is 16.6. The smallest absolute Gasteiger partial charge is 0.408 e. The quantitative estimate of drug-likeness (QED) is 0.113. The number of alkyl carbamates (subject to hydrolysis) is 1. The molecule has 0 spiro atoms. The predicted molar refractivity (Wildman–Crippen MR) is 201 cm³/mol. The fourth-order valence-electron chi connectivity index (χ4n) is 9.04. The zero-order valence-electron chi connectivity index (χ0n) is 35.1. The highest BCUT2D eigenvalue weighted by molar-refractivity contribution is 6.02. The summed E-state index contributed by atoms with van der Waals surface area (Å²) in [5.74, 6) is -7.86. The molecule has 4 N–H and O–H groups in total. The van der Waals surface area contributed by atoms with Crippen LogP contribution in [0, 0.1) is 22.7 Å². The maximum Gasteiger partial charge on any atom is 0.408 e. The third kappa shape index (κ3) is 8.41. The minimum atomic E-state index is -2.35. The van der Waals surface area contributed by atoms with E-state index in [0.717, 1.165) is 13.8 Å². The number of Topliss-reactive ketones (excluding diaryl/α,β-unsaturated/α-hetero) is 1. The van der Waals surface area contributed by atoms with Crippen LogP contribution in [0.25, 0.3) is 0 Å². The average Bonchev–Trinajstić information content (AvgIpc) is 3.03. The molecule has 4 aliphatic rings. The van der Waals surface area contributed by atoms with Crippen LogP contribution in [0.5, 0.6) is 0 Å². The second-order valence-electron chi connectivity index (χ2n) is 18.0. The van der Waals surface area contributed by atoms with Gasteiger partial charge in [-0.3, -0.25) is 14.4 Å². The molecule has 318 valence electrons. The number of ether oxygens (including phenoxy) is 6. The molecule has 1 amide bonds. The molecule has 3 aliphatic carbocycles. The van der Waals surface area contributed by atoms with Crippen LogP contribution in [0.2, 0.25) is 0 Å². The van der Waals surface area contributed by atoms with E-state index in [9.17, 15) is 39.3 Å². The zero-order valence-corrected chi connectivity index (χ0v) is 35.1. The number of rotatable bonds is 9. The Balaban J connectivity index is 1.99. The Kier molecular flexibility index (Phi) is 12.7. The van der Waals surface area contributed by atoms with E-state index in [1.54, 1.807) is 69.2 Å². The lowest BCUT2D eigenvalue weighted by molar-refractivity contribution is -0.346. The van der Waals surface area contributed by atoms with Crippen LogP contribution in [0.4, 0.5) is 4.79 Å². The lowest BCUT2D eigenvalue weighted by Crippen LogP contribution is -2.81. The Morgan fingerprint density at radius 1 is 0.965 bits per heavy atom. The number of ketones is 1. The van der Waals surface area contributed by atoms with E-state index in [0.29, 0.717) is 11.1 Å². The molecular formula is C41H59NO15. The molecule has 2 saturated carbocycles. The fourth-order valence-corrected chi connectivity index (χ4v) is 9.04. The van der Waals surface area contributed by atoms with Gasteiger partial charge in [0.15, 0.2) is 17.5 Å². The maximum absolute atomic E-state index is 15.3. The van der Waals surface area contributed by atoms with Crippen LogP contribution in [0.3, 0.4) is 0 Å². The van der Waals surface area contributed by atoms with Crippen molar-refractivity contribution in [2.45, 2.75) is 156 Å². The van der Waals surface area contributed by atoms with Gasteiger partial charge in [0.2, 0.25) is 5.78 Å². The number of hydrogen-bond donors (Lipinski definition) is 4. The summed E-state index contributed by atoms with van der Waals surface area (Å²) in [7, 11) is 0. The molecule has 1 aliphatic heterocycles. The topological polar surface area (TPSA) is 231 Å². The Morgan fingerprint density at radius 2 is 1.58 bits per heavy atom. The van der Waals surface area contributed by atoms with E-state index in [1.165, 1.54) is 19.1 Å². The number of aliphatic hydroxyl groups excluding tert-OH is 2. The summed E-state index contributed by atoms with van der Waals surface area (Å²) in [6.45, 7) is 19.5. The molecule has 0 radical (unpaired) electrons. The number of allylic oxidation sites excluding steroid dienone is 3. The molecule has 3 fully saturated rings. The molecule has 16 heteroatoms. The number of hydrogen-bond acceptors (Lipinski definition) is 15. The molecule has 0 aromatic heterocycles. The molecule has 2 bridgehead atoms. The summed E-state index contributed by atoms with van der Waals surface area (Å²) in [6, 6.07) is -1.33. The summed E-state index contributed by atoms with van der Waals surface area (Å²) in [6.07, 6.45) is -6.81. The first kappa shape index (κ1) is 45.6. The molecule has 11 atom stereocenters. The fraction of sp³-hybridized carbons (Fsp3) is 0.707. The SMILES string of the molecule is CC(=O)OC1=C2C(C)[C@H](OC(=O)[C@H](O)[C@H](C=C(C)C)NC(=O)OC(C)(C)C)C[C@@](O)([C@H](OC(=O)C=C(C)C)[C@H]3[C@@]4(OC(C)=O)CO[C@@H]4C[C@H](O)[C@@]3(C)C1=O)C2(C)C. The van der Waals surface area contributed by atoms with Gasteiger partial charge in [-0.2, -0.15) is 0 Å². The van der Waals surface area contributed by atoms with Crippen molar-refractivity contribution in [1.82, 2.24) is 5.32 Å². The van der Waals surface area contributed by atoms with Gasteiger partial charge < -0.3 is 49.1 Å². The lowest BCUT2D eigenvalue weighted by Gasteiger charge is -2.67. The van der Waals surface area contributed by atoms with Crippen molar-refractivity contribution in [3.05, 3.63) is 34.6 Å². The summed E-state index contributed by atoms with van der Waals surface area (Å²) < 4.78 is 35.0. The van der Waals surface area contributed by atoms with Gasteiger partial charge in [-0.1, -0.05) is 38.0 Å². The minimum Gasteiger partial charge on any atom is -0.460 e. The average molecular weight is 806 g/mol. The first-order chi connectivity index (χ1) is 26.0. The molecule has 1 saturated heterocycles. The van der Waals surface area contributed by atoms with Crippen LogP contribution < -0.4 is 5.32 Å². The zero-order chi connectivity index (χ0) is 43.4. The van der Waals surface area contributed by atoms with Gasteiger partial charge in [-0.25, -0.2) is 14.4 Å². The normalized spacial score (nSPS) is 33.9. The highest BCUT2D eigenvalue weighted by Gasteiger charge is 2.78. The van der Waals surface area contributed by atoms with E-state index in [1.807, 2.05) is 0 Å². The van der Waals surface area contributed by atoms with E-state index < -0.39 is 124 Å². The molecule has 4 rings (SSSR count). The summed E-state index contributed by atoms with van der Waals surface area (Å²) >= 11 is 0.